The maximum atomic E-state index is 5.76. The number of anilines is 1. The first-order chi connectivity index (χ1) is 5.66. The van der Waals surface area contributed by atoms with Gasteiger partial charge < -0.3 is 5.73 Å². The van der Waals surface area contributed by atoms with Crippen LogP contribution in [-0.2, 0) is 0 Å². The molecule has 0 fully saturated rings. The van der Waals surface area contributed by atoms with Crippen molar-refractivity contribution in [3.63, 3.8) is 0 Å². The van der Waals surface area contributed by atoms with E-state index in [0.29, 0.717) is 16.4 Å². The standard InChI is InChI=1S/C6H4Cl2N4/c7-5-4-1-3(9)2-12(4)11-6(8)10-5/h1-2H,9H2. The zero-order valence-corrected chi connectivity index (χ0v) is 7.34. The Morgan fingerprint density at radius 2 is 2.17 bits per heavy atom. The Morgan fingerprint density at radius 1 is 1.42 bits per heavy atom. The van der Waals surface area contributed by atoms with E-state index in [2.05, 4.69) is 10.1 Å². The van der Waals surface area contributed by atoms with Crippen LogP contribution in [0.5, 0.6) is 0 Å². The van der Waals surface area contributed by atoms with Crippen LogP contribution in [0.4, 0.5) is 5.69 Å². The monoisotopic (exact) mass is 202 g/mol. The molecule has 0 atom stereocenters. The summed E-state index contributed by atoms with van der Waals surface area (Å²) in [5.74, 6) is 0. The summed E-state index contributed by atoms with van der Waals surface area (Å²) in [6.45, 7) is 0. The number of nitrogens with two attached hydrogens (primary N) is 1. The van der Waals surface area contributed by atoms with Gasteiger partial charge in [0.25, 0.3) is 0 Å². The van der Waals surface area contributed by atoms with Crippen molar-refractivity contribution in [2.45, 2.75) is 0 Å². The van der Waals surface area contributed by atoms with E-state index in [1.165, 1.54) is 4.52 Å². The van der Waals surface area contributed by atoms with Crippen molar-refractivity contribution in [1.29, 1.82) is 0 Å². The van der Waals surface area contributed by atoms with Crippen LogP contribution in [-0.4, -0.2) is 14.6 Å². The quantitative estimate of drug-likeness (QED) is 0.707. The van der Waals surface area contributed by atoms with Crippen LogP contribution in [0.1, 0.15) is 0 Å². The number of hydrogen-bond donors (Lipinski definition) is 1. The van der Waals surface area contributed by atoms with Crippen LogP contribution >= 0.6 is 23.2 Å². The summed E-state index contributed by atoms with van der Waals surface area (Å²) in [4.78, 5) is 3.76. The third-order valence-corrected chi connectivity index (χ3v) is 1.85. The van der Waals surface area contributed by atoms with Gasteiger partial charge in [-0.1, -0.05) is 11.6 Å². The number of rotatable bonds is 0. The van der Waals surface area contributed by atoms with Gasteiger partial charge in [0, 0.05) is 0 Å². The van der Waals surface area contributed by atoms with Crippen LogP contribution in [0.2, 0.25) is 10.4 Å². The van der Waals surface area contributed by atoms with E-state index in [-0.39, 0.29) is 5.28 Å². The van der Waals surface area contributed by atoms with Gasteiger partial charge in [0.15, 0.2) is 5.15 Å². The first-order valence-corrected chi connectivity index (χ1v) is 3.89. The molecule has 2 N–H and O–H groups in total. The largest absolute Gasteiger partial charge is 0.397 e. The summed E-state index contributed by atoms with van der Waals surface area (Å²) in [6, 6.07) is 1.68. The van der Waals surface area contributed by atoms with Crippen molar-refractivity contribution in [3.8, 4) is 0 Å². The van der Waals surface area contributed by atoms with Crippen molar-refractivity contribution < 1.29 is 0 Å². The molecule has 0 radical (unpaired) electrons. The van der Waals surface area contributed by atoms with E-state index in [4.69, 9.17) is 28.9 Å². The lowest BCUT2D eigenvalue weighted by molar-refractivity contribution is 0.905. The minimum atomic E-state index is 0.100. The third-order valence-electron chi connectivity index (χ3n) is 1.41. The molecule has 6 heteroatoms. The molecule has 0 unspecified atom stereocenters. The van der Waals surface area contributed by atoms with Gasteiger partial charge in [-0.05, 0) is 17.7 Å². The predicted octanol–water partition coefficient (Wildman–Crippen LogP) is 1.62. The fourth-order valence-electron chi connectivity index (χ4n) is 0.958. The van der Waals surface area contributed by atoms with Crippen molar-refractivity contribution in [2.24, 2.45) is 0 Å². The zero-order chi connectivity index (χ0) is 8.72. The Bertz CT molecular complexity index is 436. The van der Waals surface area contributed by atoms with Crippen LogP contribution in [0.15, 0.2) is 12.3 Å². The van der Waals surface area contributed by atoms with Crippen molar-refractivity contribution in [1.82, 2.24) is 14.6 Å². The summed E-state index contributed by atoms with van der Waals surface area (Å²) in [7, 11) is 0. The molecule has 2 aromatic heterocycles. The second kappa shape index (κ2) is 2.50. The highest BCUT2D eigenvalue weighted by molar-refractivity contribution is 6.34. The molecule has 0 spiro atoms. The van der Waals surface area contributed by atoms with Gasteiger partial charge in [0.05, 0.1) is 11.9 Å². The highest BCUT2D eigenvalue weighted by atomic mass is 35.5. The van der Waals surface area contributed by atoms with E-state index in [1.54, 1.807) is 12.3 Å². The molecular weight excluding hydrogens is 199 g/mol. The van der Waals surface area contributed by atoms with Crippen LogP contribution in [0, 0.1) is 0 Å². The fourth-order valence-corrected chi connectivity index (χ4v) is 1.39. The molecule has 0 saturated heterocycles. The van der Waals surface area contributed by atoms with Crippen molar-refractivity contribution in [2.75, 3.05) is 5.73 Å². The highest BCUT2D eigenvalue weighted by Gasteiger charge is 2.04. The number of halogens is 2. The molecule has 2 rings (SSSR count). The third kappa shape index (κ3) is 1.09. The smallest absolute Gasteiger partial charge is 0.242 e. The molecule has 0 aliphatic heterocycles. The van der Waals surface area contributed by atoms with E-state index >= 15 is 0 Å². The number of aromatic nitrogens is 3. The number of hydrogen-bond acceptors (Lipinski definition) is 3. The van der Waals surface area contributed by atoms with E-state index < -0.39 is 0 Å². The van der Waals surface area contributed by atoms with Crippen molar-refractivity contribution in [3.05, 3.63) is 22.7 Å². The molecule has 0 aliphatic rings. The number of nitrogens with zero attached hydrogens (tertiary/aromatic N) is 3. The molecule has 0 aromatic carbocycles. The van der Waals surface area contributed by atoms with Gasteiger partial charge in [-0.3, -0.25) is 0 Å². The first kappa shape index (κ1) is 7.64. The van der Waals surface area contributed by atoms with E-state index in [1.807, 2.05) is 0 Å². The molecular formula is C6H4Cl2N4. The van der Waals surface area contributed by atoms with Crippen LogP contribution < -0.4 is 5.73 Å². The molecule has 62 valence electrons. The minimum absolute atomic E-state index is 0.100. The summed E-state index contributed by atoms with van der Waals surface area (Å²) in [5, 5.41) is 4.26. The lowest BCUT2D eigenvalue weighted by Crippen LogP contribution is -1.93. The topological polar surface area (TPSA) is 56.2 Å². The maximum absolute atomic E-state index is 5.76. The van der Waals surface area contributed by atoms with Gasteiger partial charge in [-0.25, -0.2) is 9.50 Å². The Labute approximate surface area is 77.9 Å². The fraction of sp³-hybridized carbons (Fsp3) is 0. The highest BCUT2D eigenvalue weighted by Crippen LogP contribution is 2.19. The minimum Gasteiger partial charge on any atom is -0.397 e. The molecule has 0 saturated carbocycles. The molecule has 0 amide bonds. The summed E-state index contributed by atoms with van der Waals surface area (Å²) in [5.41, 5.74) is 6.75. The Hall–Kier alpha value is -1.00. The molecule has 2 aromatic rings. The van der Waals surface area contributed by atoms with Gasteiger partial charge in [-0.2, -0.15) is 0 Å². The van der Waals surface area contributed by atoms with Crippen LogP contribution in [0.25, 0.3) is 5.52 Å². The van der Waals surface area contributed by atoms with Crippen molar-refractivity contribution >= 4 is 34.4 Å². The lowest BCUT2D eigenvalue weighted by Gasteiger charge is -1.94. The Kier molecular flexibility index (Phi) is 1.59. The molecule has 0 bridgehead atoms. The first-order valence-electron chi connectivity index (χ1n) is 3.14. The number of nitrogen functional groups attached to an aromatic ring is 1. The second-order valence-electron chi connectivity index (χ2n) is 2.27. The maximum Gasteiger partial charge on any atom is 0.242 e. The second-order valence-corrected chi connectivity index (χ2v) is 2.97. The van der Waals surface area contributed by atoms with Gasteiger partial charge in [0.2, 0.25) is 5.28 Å². The molecule has 12 heavy (non-hydrogen) atoms. The Morgan fingerprint density at radius 3 is 2.92 bits per heavy atom. The SMILES string of the molecule is Nc1cc2c(Cl)nc(Cl)nn2c1. The average molecular weight is 203 g/mol. The summed E-state index contributed by atoms with van der Waals surface area (Å²) < 4.78 is 1.49. The normalized spacial score (nSPS) is 10.8. The zero-order valence-electron chi connectivity index (χ0n) is 5.83. The van der Waals surface area contributed by atoms with Gasteiger partial charge >= 0.3 is 0 Å². The molecule has 0 aliphatic carbocycles. The van der Waals surface area contributed by atoms with Gasteiger partial charge in [0.1, 0.15) is 5.52 Å². The average Bonchev–Trinajstić information content (AvgIpc) is 2.29. The van der Waals surface area contributed by atoms with E-state index in [0.717, 1.165) is 0 Å². The van der Waals surface area contributed by atoms with Crippen LogP contribution in [0.3, 0.4) is 0 Å². The Balaban J connectivity index is 2.88. The van der Waals surface area contributed by atoms with Gasteiger partial charge in [-0.15, -0.1) is 5.10 Å². The van der Waals surface area contributed by atoms with E-state index in [9.17, 15) is 0 Å². The number of fused-ring (bicyclic) bond motifs is 1. The molecule has 2 heterocycles. The lowest BCUT2D eigenvalue weighted by atomic mass is 10.5. The predicted molar refractivity (Wildman–Crippen MR) is 47.4 cm³/mol. The summed E-state index contributed by atoms with van der Waals surface area (Å²) >= 11 is 11.3. The summed E-state index contributed by atoms with van der Waals surface area (Å²) in [6.07, 6.45) is 1.62. The molecule has 4 nitrogen and oxygen atoms in total.